The van der Waals surface area contributed by atoms with Gasteiger partial charge in [-0.05, 0) is 16.0 Å². The number of carbonyl (C=O) groups excluding carboxylic acids is 2. The van der Waals surface area contributed by atoms with E-state index in [-0.39, 0.29) is 17.5 Å². The van der Waals surface area contributed by atoms with Gasteiger partial charge in [-0.15, -0.1) is 5.10 Å². The fourth-order valence-corrected chi connectivity index (χ4v) is 5.52. The summed E-state index contributed by atoms with van der Waals surface area (Å²) in [6.07, 6.45) is -0.764. The van der Waals surface area contributed by atoms with Crippen molar-refractivity contribution in [2.24, 2.45) is 7.05 Å². The van der Waals surface area contributed by atoms with Crippen LogP contribution in [0.15, 0.2) is 35.5 Å². The molecule has 0 unspecified atom stereocenters. The summed E-state index contributed by atoms with van der Waals surface area (Å²) in [5.74, 6) is -0.944. The van der Waals surface area contributed by atoms with E-state index in [2.05, 4.69) is 15.5 Å². The summed E-state index contributed by atoms with van der Waals surface area (Å²) in [7, 11) is -3.42. The Hall–Kier alpha value is -2.71. The number of tetrazole rings is 1. The molecule has 0 spiro atoms. The third kappa shape index (κ3) is 3.54. The van der Waals surface area contributed by atoms with Crippen LogP contribution < -0.4 is 0 Å². The van der Waals surface area contributed by atoms with Crippen molar-refractivity contribution >= 4 is 34.1 Å². The molecule has 29 heavy (non-hydrogen) atoms. The molecule has 2 aliphatic heterocycles. The second kappa shape index (κ2) is 7.27. The van der Waals surface area contributed by atoms with Gasteiger partial charge in [0.25, 0.3) is 5.91 Å². The molecule has 0 saturated carbocycles. The molecule has 2 aromatic rings. The number of rotatable bonds is 5. The van der Waals surface area contributed by atoms with E-state index in [1.54, 1.807) is 31.3 Å². The largest absolute Gasteiger partial charge is 0.731 e. The lowest BCUT2D eigenvalue weighted by Crippen LogP contribution is -2.70. The Bertz CT molecular complexity index is 1040. The van der Waals surface area contributed by atoms with Gasteiger partial charge in [0.2, 0.25) is 5.16 Å². The highest BCUT2D eigenvalue weighted by molar-refractivity contribution is 7.99. The zero-order chi connectivity index (χ0) is 20.8. The molecular formula is C15H15N6O6S2-. The first-order chi connectivity index (χ1) is 13.8. The van der Waals surface area contributed by atoms with Crippen LogP contribution in [0.2, 0.25) is 0 Å². The lowest BCUT2D eigenvalue weighted by Gasteiger charge is -2.46. The molecule has 2 aliphatic rings. The predicted octanol–water partition coefficient (Wildman–Crippen LogP) is -0.637. The van der Waals surface area contributed by atoms with Crippen molar-refractivity contribution in [3.63, 3.8) is 0 Å². The molecule has 2 amide bonds. The van der Waals surface area contributed by atoms with Crippen LogP contribution in [0.5, 0.6) is 0 Å². The maximum atomic E-state index is 12.6. The van der Waals surface area contributed by atoms with Crippen LogP contribution in [0.3, 0.4) is 0 Å². The zero-order valence-electron chi connectivity index (χ0n) is 15.0. The van der Waals surface area contributed by atoms with Gasteiger partial charge in [-0.3, -0.25) is 9.69 Å². The number of aryl methyl sites for hydroxylation is 1. The van der Waals surface area contributed by atoms with Gasteiger partial charge in [-0.1, -0.05) is 42.1 Å². The van der Waals surface area contributed by atoms with E-state index in [1.165, 1.54) is 4.68 Å². The number of amides is 2. The van der Waals surface area contributed by atoms with Gasteiger partial charge in [0, 0.05) is 13.6 Å². The van der Waals surface area contributed by atoms with Gasteiger partial charge in [-0.2, -0.15) is 0 Å². The minimum atomic E-state index is -5.01. The molecule has 4 rings (SSSR count). The number of nitrogens with zero attached hydrogens (tertiary/aromatic N) is 6. The summed E-state index contributed by atoms with van der Waals surface area (Å²) in [6, 6.07) is 6.88. The van der Waals surface area contributed by atoms with Crippen molar-refractivity contribution in [2.75, 3.05) is 6.54 Å². The van der Waals surface area contributed by atoms with E-state index in [4.69, 9.17) is 4.74 Å². The minimum Gasteiger partial charge on any atom is -0.731 e. The molecule has 1 aromatic heterocycles. The highest BCUT2D eigenvalue weighted by atomic mass is 32.2. The number of fused-ring (bicyclic) bond motifs is 1. The number of ether oxygens (including phenoxy) is 1. The Morgan fingerprint density at radius 2 is 2.07 bits per heavy atom. The first kappa shape index (κ1) is 19.6. The molecule has 0 aliphatic carbocycles. The zero-order valence-corrected chi connectivity index (χ0v) is 16.6. The van der Waals surface area contributed by atoms with Crippen LogP contribution in [0.4, 0.5) is 4.79 Å². The quantitative estimate of drug-likeness (QED) is 0.435. The number of β-lactam (4-membered cyclic amide) rings is 1. The SMILES string of the molecule is Cn1nnnc1S[C@@H]1CN(C(=O)OCc2ccccc2)[C@@H]2C(=O)N(S(=O)(=O)[O-])[C@@H]21. The molecule has 2 saturated heterocycles. The molecule has 3 heterocycles. The van der Waals surface area contributed by atoms with Crippen molar-refractivity contribution < 1.29 is 27.3 Å². The summed E-state index contributed by atoms with van der Waals surface area (Å²) < 4.78 is 41.5. The van der Waals surface area contributed by atoms with Gasteiger partial charge in [0.1, 0.15) is 12.6 Å². The van der Waals surface area contributed by atoms with Crippen molar-refractivity contribution in [2.45, 2.75) is 29.1 Å². The average Bonchev–Trinajstić information content (AvgIpc) is 3.21. The van der Waals surface area contributed by atoms with Gasteiger partial charge in [0.15, 0.2) is 10.3 Å². The van der Waals surface area contributed by atoms with E-state index < -0.39 is 39.6 Å². The topological polar surface area (TPSA) is 151 Å². The first-order valence-electron chi connectivity index (χ1n) is 8.43. The molecule has 154 valence electrons. The van der Waals surface area contributed by atoms with Crippen LogP contribution in [0.1, 0.15) is 5.56 Å². The Kier molecular flexibility index (Phi) is 4.92. The summed E-state index contributed by atoms with van der Waals surface area (Å²) >= 11 is 1.09. The molecule has 0 radical (unpaired) electrons. The number of likely N-dealkylation sites (tertiary alicyclic amines) is 1. The molecule has 12 nitrogen and oxygen atoms in total. The fourth-order valence-electron chi connectivity index (χ4n) is 3.37. The van der Waals surface area contributed by atoms with Crippen LogP contribution in [0.25, 0.3) is 0 Å². The molecule has 14 heteroatoms. The molecule has 2 fully saturated rings. The summed E-state index contributed by atoms with van der Waals surface area (Å²) in [4.78, 5) is 26.1. The summed E-state index contributed by atoms with van der Waals surface area (Å²) in [5.41, 5.74) is 0.761. The number of carbonyl (C=O) groups is 2. The van der Waals surface area contributed by atoms with E-state index in [9.17, 15) is 22.6 Å². The monoisotopic (exact) mass is 439 g/mol. The molecular weight excluding hydrogens is 424 g/mol. The maximum Gasteiger partial charge on any atom is 0.410 e. The number of hydrogen-bond acceptors (Lipinski definition) is 10. The lowest BCUT2D eigenvalue weighted by atomic mass is 10.00. The van der Waals surface area contributed by atoms with E-state index in [1.807, 2.05) is 6.07 Å². The standard InChI is InChI=1S/C15H16N6O6S2/c1-19-14(16-17-18-19)28-10-7-20(12-11(10)21(13(12)22)29(24,25)26)15(23)27-8-9-5-3-2-4-6-9/h2-6,10-12H,7-8H2,1H3,(H,24,25,26)/p-1/t10-,11-,12+/m1/s1. The smallest absolute Gasteiger partial charge is 0.410 e. The Labute approximate surface area is 169 Å². The van der Waals surface area contributed by atoms with Crippen molar-refractivity contribution in [3.05, 3.63) is 35.9 Å². The summed E-state index contributed by atoms with van der Waals surface area (Å²) in [6.45, 7) is -0.00538. The Balaban J connectivity index is 1.53. The summed E-state index contributed by atoms with van der Waals surface area (Å²) in [5, 5.41) is 10.7. The number of thioether (sulfide) groups is 1. The molecule has 0 N–H and O–H groups in total. The second-order valence-corrected chi connectivity index (χ2v) is 8.92. The number of aromatic nitrogens is 4. The van der Waals surface area contributed by atoms with Crippen molar-refractivity contribution in [3.8, 4) is 0 Å². The second-order valence-electron chi connectivity index (χ2n) is 6.46. The molecule has 0 bridgehead atoms. The Morgan fingerprint density at radius 3 is 2.69 bits per heavy atom. The average molecular weight is 439 g/mol. The van der Waals surface area contributed by atoms with Gasteiger partial charge in [0.05, 0.1) is 11.3 Å². The minimum absolute atomic E-state index is 0.00174. The van der Waals surface area contributed by atoms with E-state index in [0.717, 1.165) is 22.2 Å². The van der Waals surface area contributed by atoms with Crippen LogP contribution >= 0.6 is 11.8 Å². The molecule has 1 aromatic carbocycles. The normalized spacial score (nSPS) is 23.7. The first-order valence-corrected chi connectivity index (χ1v) is 10.7. The highest BCUT2D eigenvalue weighted by Crippen LogP contribution is 2.42. The van der Waals surface area contributed by atoms with Crippen LogP contribution in [-0.4, -0.2) is 78.3 Å². The Morgan fingerprint density at radius 1 is 1.34 bits per heavy atom. The number of benzene rings is 1. The lowest BCUT2D eigenvalue weighted by molar-refractivity contribution is -0.144. The predicted molar refractivity (Wildman–Crippen MR) is 95.9 cm³/mol. The molecule has 3 atom stereocenters. The van der Waals surface area contributed by atoms with Crippen LogP contribution in [0, 0.1) is 0 Å². The van der Waals surface area contributed by atoms with E-state index >= 15 is 0 Å². The highest BCUT2D eigenvalue weighted by Gasteiger charge is 2.63. The van der Waals surface area contributed by atoms with Gasteiger partial charge >= 0.3 is 6.09 Å². The maximum absolute atomic E-state index is 12.6. The van der Waals surface area contributed by atoms with Gasteiger partial charge in [-0.25, -0.2) is 22.2 Å². The van der Waals surface area contributed by atoms with E-state index in [0.29, 0.717) is 5.16 Å². The van der Waals surface area contributed by atoms with Crippen LogP contribution in [-0.2, 0) is 33.5 Å². The van der Waals surface area contributed by atoms with Gasteiger partial charge < -0.3 is 9.29 Å². The van der Waals surface area contributed by atoms with Crippen molar-refractivity contribution in [1.29, 1.82) is 0 Å². The van der Waals surface area contributed by atoms with Crippen molar-refractivity contribution in [1.82, 2.24) is 29.4 Å². The third-order valence-corrected chi connectivity index (χ3v) is 6.87. The fraction of sp³-hybridized carbons (Fsp3) is 0.400. The number of hydrogen-bond donors (Lipinski definition) is 0. The third-order valence-electron chi connectivity index (χ3n) is 4.68.